The molecule has 25 heavy (non-hydrogen) atoms. The number of ether oxygens (including phenoxy) is 2. The van der Waals surface area contributed by atoms with Gasteiger partial charge in [-0.25, -0.2) is 9.78 Å². The average molecular weight is 382 g/mol. The number of nitrogens with two attached hydrogens (primary N) is 2. The van der Waals surface area contributed by atoms with Crippen LogP contribution in [0.2, 0.25) is 5.02 Å². The highest BCUT2D eigenvalue weighted by Crippen LogP contribution is 2.42. The molecule has 0 aromatic carbocycles. The minimum absolute atomic E-state index is 0.111. The van der Waals surface area contributed by atoms with Crippen LogP contribution in [-0.4, -0.2) is 28.6 Å². The third kappa shape index (κ3) is 2.91. The summed E-state index contributed by atoms with van der Waals surface area (Å²) in [5.74, 6) is -1.23. The zero-order valence-corrected chi connectivity index (χ0v) is 15.3. The highest BCUT2D eigenvalue weighted by molar-refractivity contribution is 7.21. The molecule has 0 unspecified atom stereocenters. The van der Waals surface area contributed by atoms with Crippen LogP contribution in [0.25, 0.3) is 10.2 Å². The fourth-order valence-electron chi connectivity index (χ4n) is 2.29. The molecule has 0 aliphatic heterocycles. The Morgan fingerprint density at radius 2 is 2.00 bits per heavy atom. The monoisotopic (exact) mass is 381 g/mol. The maximum absolute atomic E-state index is 12.4. The molecule has 7 nitrogen and oxygen atoms in total. The number of pyridine rings is 1. The van der Waals surface area contributed by atoms with E-state index in [2.05, 4.69) is 4.98 Å². The minimum Gasteiger partial charge on any atom is -0.474 e. The van der Waals surface area contributed by atoms with Gasteiger partial charge in [0.25, 0.3) is 5.91 Å². The molecule has 9 heteroatoms. The van der Waals surface area contributed by atoms with Gasteiger partial charge in [0, 0.05) is 5.39 Å². The summed E-state index contributed by atoms with van der Waals surface area (Å²) < 4.78 is 10.8. The highest BCUT2D eigenvalue weighted by atomic mass is 35.5. The number of nitrogen functional groups attached to an aromatic ring is 1. The molecule has 0 bridgehead atoms. The second kappa shape index (κ2) is 5.89. The molecule has 1 aliphatic rings. The van der Waals surface area contributed by atoms with Gasteiger partial charge in [-0.3, -0.25) is 4.79 Å². The van der Waals surface area contributed by atoms with E-state index in [0.29, 0.717) is 20.8 Å². The smallest absolute Gasteiger partial charge is 0.352 e. The highest BCUT2D eigenvalue weighted by Gasteiger charge is 2.45. The van der Waals surface area contributed by atoms with Gasteiger partial charge < -0.3 is 20.9 Å². The van der Waals surface area contributed by atoms with Crippen LogP contribution in [-0.2, 0) is 9.53 Å². The van der Waals surface area contributed by atoms with Crippen molar-refractivity contribution in [1.29, 1.82) is 0 Å². The number of fused-ring (bicyclic) bond motifs is 1. The number of amides is 1. The van der Waals surface area contributed by atoms with Gasteiger partial charge in [0.1, 0.15) is 14.7 Å². The number of carbonyl (C=O) groups is 2. The standard InChI is InChI=1S/C16H16ClN3O4S/c1-6(2)23-12-9(17)7(3)8-10(18)11(25-13(8)20-12)14(21)24-16(4-5-16)15(19)22/h4-6H,18H2,1-3H3,(H2,19,22). The van der Waals surface area contributed by atoms with Gasteiger partial charge in [-0.1, -0.05) is 11.6 Å². The molecule has 0 atom stereocenters. The van der Waals surface area contributed by atoms with Crippen LogP contribution in [0.3, 0.4) is 0 Å². The first-order valence-corrected chi connectivity index (χ1v) is 8.64. The lowest BCUT2D eigenvalue weighted by Crippen LogP contribution is -2.36. The van der Waals surface area contributed by atoms with E-state index in [0.717, 1.165) is 11.3 Å². The van der Waals surface area contributed by atoms with Crippen molar-refractivity contribution in [2.45, 2.75) is 32.5 Å². The van der Waals surface area contributed by atoms with Crippen LogP contribution in [0.4, 0.5) is 5.69 Å². The van der Waals surface area contributed by atoms with Crippen LogP contribution in [0.5, 0.6) is 5.88 Å². The number of anilines is 1. The molecule has 4 N–H and O–H groups in total. The van der Waals surface area contributed by atoms with Gasteiger partial charge in [0.05, 0.1) is 11.8 Å². The normalized spacial score (nSPS) is 14.8. The molecular weight excluding hydrogens is 366 g/mol. The molecule has 0 radical (unpaired) electrons. The van der Waals surface area contributed by atoms with Crippen molar-refractivity contribution in [3.63, 3.8) is 0 Å². The quantitative estimate of drug-likeness (QED) is 0.607. The topological polar surface area (TPSA) is 118 Å². The van der Waals surface area contributed by atoms with E-state index < -0.39 is 17.5 Å². The van der Waals surface area contributed by atoms with Gasteiger partial charge in [-0.05, 0) is 38.5 Å². The minimum atomic E-state index is -1.45. The summed E-state index contributed by atoms with van der Waals surface area (Å²) in [6.07, 6.45) is 2.71. The van der Waals surface area contributed by atoms with Gasteiger partial charge >= 0.3 is 5.97 Å². The number of esters is 1. The van der Waals surface area contributed by atoms with Crippen LogP contribution >= 0.6 is 22.9 Å². The number of aromatic nitrogens is 1. The SMILES string of the molecule is Cc1c(Cl)c(OC(C)C)nc2sc(C(=O)OC3(C(N)=O)C=C3)c(N)c12. The Morgan fingerprint density at radius 1 is 1.36 bits per heavy atom. The molecule has 1 amide bonds. The third-order valence-corrected chi connectivity index (χ3v) is 5.20. The van der Waals surface area contributed by atoms with E-state index in [1.165, 1.54) is 12.2 Å². The second-order valence-electron chi connectivity index (χ2n) is 5.93. The first-order valence-electron chi connectivity index (χ1n) is 7.44. The zero-order valence-electron chi connectivity index (χ0n) is 13.8. The first-order chi connectivity index (χ1) is 11.7. The van der Waals surface area contributed by atoms with Gasteiger partial charge in [0.2, 0.25) is 11.5 Å². The molecule has 0 saturated carbocycles. The van der Waals surface area contributed by atoms with Crippen molar-refractivity contribution in [3.05, 3.63) is 27.6 Å². The molecule has 2 aromatic rings. The number of hydrogen-bond donors (Lipinski definition) is 2. The second-order valence-corrected chi connectivity index (χ2v) is 7.30. The van der Waals surface area contributed by atoms with E-state index in [4.69, 9.17) is 32.5 Å². The molecule has 0 fully saturated rings. The lowest BCUT2D eigenvalue weighted by Gasteiger charge is -2.12. The molecular formula is C16H16ClN3O4S. The number of thiophene rings is 1. The molecule has 3 rings (SSSR count). The summed E-state index contributed by atoms with van der Waals surface area (Å²) in [7, 11) is 0. The van der Waals surface area contributed by atoms with Gasteiger partial charge in [-0.2, -0.15) is 0 Å². The number of aryl methyl sites for hydroxylation is 1. The lowest BCUT2D eigenvalue weighted by molar-refractivity contribution is -0.127. The zero-order chi connectivity index (χ0) is 18.5. The molecule has 132 valence electrons. The summed E-state index contributed by atoms with van der Waals surface area (Å²) in [5, 5.41) is 0.901. The maximum atomic E-state index is 12.4. The summed E-state index contributed by atoms with van der Waals surface area (Å²) >= 11 is 7.36. The van der Waals surface area contributed by atoms with Crippen molar-refractivity contribution in [2.75, 3.05) is 5.73 Å². The predicted octanol–water partition coefficient (Wildman–Crippen LogP) is 2.58. The number of carbonyl (C=O) groups excluding carboxylic acids is 2. The van der Waals surface area contributed by atoms with E-state index in [1.807, 2.05) is 13.8 Å². The van der Waals surface area contributed by atoms with E-state index in [1.54, 1.807) is 6.92 Å². The van der Waals surface area contributed by atoms with Crippen LogP contribution in [0.15, 0.2) is 12.2 Å². The lowest BCUT2D eigenvalue weighted by atomic mass is 10.1. The first kappa shape index (κ1) is 17.5. The summed E-state index contributed by atoms with van der Waals surface area (Å²) in [6.45, 7) is 5.48. The largest absolute Gasteiger partial charge is 0.474 e. The molecule has 0 spiro atoms. The van der Waals surface area contributed by atoms with Crippen LogP contribution in [0.1, 0.15) is 29.1 Å². The van der Waals surface area contributed by atoms with E-state index >= 15 is 0 Å². The Labute approximate surface area is 152 Å². The summed E-state index contributed by atoms with van der Waals surface area (Å²) in [4.78, 5) is 28.8. The predicted molar refractivity (Wildman–Crippen MR) is 96.0 cm³/mol. The van der Waals surface area contributed by atoms with Gasteiger partial charge in [0.15, 0.2) is 0 Å². The van der Waals surface area contributed by atoms with Crippen LogP contribution in [0, 0.1) is 6.92 Å². The number of primary amides is 1. The van der Waals surface area contributed by atoms with Crippen LogP contribution < -0.4 is 16.2 Å². The Kier molecular flexibility index (Phi) is 4.12. The molecule has 0 saturated heterocycles. The summed E-state index contributed by atoms with van der Waals surface area (Å²) in [5.41, 5.74) is 10.7. The van der Waals surface area contributed by atoms with Crippen molar-refractivity contribution in [1.82, 2.24) is 4.98 Å². The Hall–Kier alpha value is -2.32. The molecule has 2 heterocycles. The number of hydrogen-bond acceptors (Lipinski definition) is 7. The molecule has 2 aromatic heterocycles. The fraction of sp³-hybridized carbons (Fsp3) is 0.312. The van der Waals surface area contributed by atoms with E-state index in [9.17, 15) is 9.59 Å². The maximum Gasteiger partial charge on any atom is 0.352 e. The Bertz CT molecular complexity index is 929. The summed E-state index contributed by atoms with van der Waals surface area (Å²) in [6, 6.07) is 0. The number of halogens is 1. The third-order valence-electron chi connectivity index (χ3n) is 3.67. The van der Waals surface area contributed by atoms with E-state index in [-0.39, 0.29) is 22.5 Å². The Balaban J connectivity index is 2.03. The number of rotatable bonds is 5. The Morgan fingerprint density at radius 3 is 2.52 bits per heavy atom. The molecule has 1 aliphatic carbocycles. The van der Waals surface area contributed by atoms with Gasteiger partial charge in [-0.15, -0.1) is 11.3 Å². The van der Waals surface area contributed by atoms with Crippen molar-refractivity contribution >= 4 is 50.7 Å². The van der Waals surface area contributed by atoms with Crippen molar-refractivity contribution in [2.24, 2.45) is 5.73 Å². The van der Waals surface area contributed by atoms with Crippen molar-refractivity contribution in [3.8, 4) is 5.88 Å². The fourth-order valence-corrected chi connectivity index (χ4v) is 3.50. The number of nitrogens with zero attached hydrogens (tertiary/aromatic N) is 1. The average Bonchev–Trinajstić information content (AvgIpc) is 3.22. The van der Waals surface area contributed by atoms with Crippen molar-refractivity contribution < 1.29 is 19.1 Å².